The lowest BCUT2D eigenvalue weighted by Gasteiger charge is -2.05. The normalized spacial score (nSPS) is 10.3. The number of benzene rings is 1. The van der Waals surface area contributed by atoms with Crippen molar-refractivity contribution >= 4 is 23.8 Å². The molecule has 0 unspecified atom stereocenters. The molecule has 1 aromatic heterocycles. The first-order chi connectivity index (χ1) is 7.22. The Hall–Kier alpha value is -1.40. The number of aromatic amines is 1. The number of hydrogen-bond donors (Lipinski definition) is 1. The molecular formula is C8H7ClN4OS. The first kappa shape index (κ1) is 10.1. The van der Waals surface area contributed by atoms with Crippen LogP contribution in [0.15, 0.2) is 18.2 Å². The Morgan fingerprint density at radius 1 is 1.53 bits per heavy atom. The summed E-state index contributed by atoms with van der Waals surface area (Å²) in [6, 6.07) is 5.26. The minimum Gasteiger partial charge on any atom is -0.495 e. The van der Waals surface area contributed by atoms with Crippen LogP contribution in [0.4, 0.5) is 0 Å². The molecule has 7 heteroatoms. The molecular weight excluding hydrogens is 236 g/mol. The maximum Gasteiger partial charge on any atom is 0.242 e. The zero-order valence-corrected chi connectivity index (χ0v) is 9.34. The van der Waals surface area contributed by atoms with Gasteiger partial charge in [0.25, 0.3) is 0 Å². The molecule has 2 rings (SSSR count). The smallest absolute Gasteiger partial charge is 0.242 e. The van der Waals surface area contributed by atoms with E-state index in [4.69, 9.17) is 28.6 Å². The van der Waals surface area contributed by atoms with E-state index in [9.17, 15) is 0 Å². The molecule has 0 saturated heterocycles. The molecule has 1 N–H and O–H groups in total. The molecule has 0 aliphatic heterocycles. The summed E-state index contributed by atoms with van der Waals surface area (Å²) < 4.78 is 6.99. The average Bonchev–Trinajstić information content (AvgIpc) is 2.65. The van der Waals surface area contributed by atoms with Crippen LogP contribution in [0.25, 0.3) is 5.69 Å². The van der Waals surface area contributed by atoms with E-state index in [1.54, 1.807) is 30.0 Å². The van der Waals surface area contributed by atoms with Gasteiger partial charge in [-0.2, -0.15) is 5.21 Å². The van der Waals surface area contributed by atoms with Gasteiger partial charge in [0, 0.05) is 6.07 Å². The molecule has 0 spiro atoms. The van der Waals surface area contributed by atoms with Gasteiger partial charge in [0.2, 0.25) is 4.77 Å². The van der Waals surface area contributed by atoms with Gasteiger partial charge in [-0.3, -0.25) is 0 Å². The molecule has 0 saturated carbocycles. The summed E-state index contributed by atoms with van der Waals surface area (Å²) in [6.45, 7) is 0. The Labute approximate surface area is 95.6 Å². The molecule has 5 nitrogen and oxygen atoms in total. The Balaban J connectivity index is 2.55. The number of nitrogens with zero attached hydrogens (tertiary/aromatic N) is 3. The Bertz CT molecular complexity index is 535. The Morgan fingerprint density at radius 3 is 2.93 bits per heavy atom. The summed E-state index contributed by atoms with van der Waals surface area (Å²) in [5.74, 6) is 0.575. The maximum atomic E-state index is 5.90. The van der Waals surface area contributed by atoms with Crippen molar-refractivity contribution in [2.24, 2.45) is 0 Å². The second-order valence-electron chi connectivity index (χ2n) is 2.74. The molecule has 15 heavy (non-hydrogen) atoms. The highest BCUT2D eigenvalue weighted by Gasteiger charge is 2.04. The van der Waals surface area contributed by atoms with E-state index in [1.165, 1.54) is 0 Å². The minimum absolute atomic E-state index is 0.347. The second kappa shape index (κ2) is 4.00. The van der Waals surface area contributed by atoms with E-state index in [-0.39, 0.29) is 0 Å². The Kier molecular flexibility index (Phi) is 2.70. The van der Waals surface area contributed by atoms with E-state index in [1.807, 2.05) is 0 Å². The fraction of sp³-hybridized carbons (Fsp3) is 0.125. The van der Waals surface area contributed by atoms with E-state index in [0.717, 1.165) is 5.69 Å². The fourth-order valence-corrected chi connectivity index (χ4v) is 1.53. The summed E-state index contributed by atoms with van der Waals surface area (Å²) in [4.78, 5) is 0. The largest absolute Gasteiger partial charge is 0.495 e. The van der Waals surface area contributed by atoms with Gasteiger partial charge in [-0.05, 0) is 24.4 Å². The third-order valence-corrected chi connectivity index (χ3v) is 2.44. The van der Waals surface area contributed by atoms with Gasteiger partial charge < -0.3 is 4.74 Å². The van der Waals surface area contributed by atoms with E-state index in [0.29, 0.717) is 15.5 Å². The number of rotatable bonds is 2. The highest BCUT2D eigenvalue weighted by atomic mass is 35.5. The Morgan fingerprint density at radius 2 is 2.33 bits per heavy atom. The highest BCUT2D eigenvalue weighted by Crippen LogP contribution is 2.26. The average molecular weight is 243 g/mol. The lowest BCUT2D eigenvalue weighted by molar-refractivity contribution is 0.414. The fourth-order valence-electron chi connectivity index (χ4n) is 1.15. The molecule has 0 aliphatic rings. The molecule has 0 radical (unpaired) electrons. The maximum absolute atomic E-state index is 5.90. The van der Waals surface area contributed by atoms with Crippen molar-refractivity contribution in [1.82, 2.24) is 20.2 Å². The van der Waals surface area contributed by atoms with Gasteiger partial charge in [-0.1, -0.05) is 21.9 Å². The quantitative estimate of drug-likeness (QED) is 0.819. The summed E-state index contributed by atoms with van der Waals surface area (Å²) in [7, 11) is 1.55. The van der Waals surface area contributed by atoms with Crippen molar-refractivity contribution in [3.8, 4) is 11.4 Å². The van der Waals surface area contributed by atoms with E-state index < -0.39 is 0 Å². The predicted octanol–water partition coefficient (Wildman–Crippen LogP) is 1.99. The molecule has 0 bridgehead atoms. The van der Waals surface area contributed by atoms with Gasteiger partial charge in [0.1, 0.15) is 5.75 Å². The number of tetrazole rings is 1. The van der Waals surface area contributed by atoms with Crippen molar-refractivity contribution in [3.63, 3.8) is 0 Å². The molecule has 78 valence electrons. The number of nitrogens with one attached hydrogen (secondary N) is 1. The molecule has 0 fully saturated rings. The van der Waals surface area contributed by atoms with Gasteiger partial charge in [0.15, 0.2) is 0 Å². The third-order valence-electron chi connectivity index (χ3n) is 1.86. The molecule has 0 atom stereocenters. The number of aromatic nitrogens is 4. The van der Waals surface area contributed by atoms with Crippen LogP contribution in [0.1, 0.15) is 0 Å². The summed E-state index contributed by atoms with van der Waals surface area (Å²) in [5, 5.41) is 10.4. The lowest BCUT2D eigenvalue weighted by atomic mass is 10.3. The van der Waals surface area contributed by atoms with Crippen molar-refractivity contribution in [2.75, 3.05) is 7.11 Å². The van der Waals surface area contributed by atoms with Crippen LogP contribution in [0.5, 0.6) is 5.75 Å². The van der Waals surface area contributed by atoms with Crippen molar-refractivity contribution in [1.29, 1.82) is 0 Å². The van der Waals surface area contributed by atoms with Crippen LogP contribution in [0.2, 0.25) is 5.02 Å². The molecule has 1 aromatic carbocycles. The zero-order chi connectivity index (χ0) is 10.8. The highest BCUT2D eigenvalue weighted by molar-refractivity contribution is 7.71. The number of H-pyrrole nitrogens is 1. The second-order valence-corrected chi connectivity index (χ2v) is 3.51. The molecule has 0 amide bonds. The first-order valence-electron chi connectivity index (χ1n) is 4.06. The van der Waals surface area contributed by atoms with Crippen molar-refractivity contribution < 1.29 is 4.74 Å². The summed E-state index contributed by atoms with van der Waals surface area (Å²) >= 11 is 10.9. The topological polar surface area (TPSA) is 55.7 Å². The van der Waals surface area contributed by atoms with Crippen LogP contribution in [0.3, 0.4) is 0 Å². The number of hydrogen-bond acceptors (Lipinski definition) is 4. The van der Waals surface area contributed by atoms with Crippen molar-refractivity contribution in [2.45, 2.75) is 0 Å². The summed E-state index contributed by atoms with van der Waals surface area (Å²) in [5.41, 5.74) is 0.770. The third kappa shape index (κ3) is 1.86. The van der Waals surface area contributed by atoms with Gasteiger partial charge in [-0.25, -0.2) is 4.68 Å². The van der Waals surface area contributed by atoms with Crippen LogP contribution < -0.4 is 4.74 Å². The number of halogens is 1. The lowest BCUT2D eigenvalue weighted by Crippen LogP contribution is -1.97. The van der Waals surface area contributed by atoms with Crippen LogP contribution in [-0.4, -0.2) is 27.3 Å². The molecule has 1 heterocycles. The number of methoxy groups -OCH3 is 1. The van der Waals surface area contributed by atoms with Crippen molar-refractivity contribution in [3.05, 3.63) is 28.0 Å². The van der Waals surface area contributed by atoms with Crippen LogP contribution in [-0.2, 0) is 0 Å². The molecule has 2 aromatic rings. The van der Waals surface area contributed by atoms with Gasteiger partial charge >= 0.3 is 0 Å². The summed E-state index contributed by atoms with van der Waals surface area (Å²) in [6.07, 6.45) is 0. The molecule has 0 aliphatic carbocycles. The van der Waals surface area contributed by atoms with Crippen LogP contribution in [0, 0.1) is 4.77 Å². The van der Waals surface area contributed by atoms with Gasteiger partial charge in [-0.15, -0.1) is 0 Å². The number of ether oxygens (including phenoxy) is 1. The van der Waals surface area contributed by atoms with Gasteiger partial charge in [0.05, 0.1) is 17.8 Å². The van der Waals surface area contributed by atoms with E-state index in [2.05, 4.69) is 15.5 Å². The standard InChI is InChI=1S/C8H7ClN4OS/c1-14-7-4-5(2-3-6(7)9)13-8(15)10-11-12-13/h2-4H,1H3,(H,10,12,15). The monoisotopic (exact) mass is 242 g/mol. The first-order valence-corrected chi connectivity index (χ1v) is 4.85. The predicted molar refractivity (Wildman–Crippen MR) is 58.1 cm³/mol. The minimum atomic E-state index is 0.347. The van der Waals surface area contributed by atoms with E-state index >= 15 is 0 Å². The SMILES string of the molecule is COc1cc(-n2[nH]nnc2=S)ccc1Cl. The van der Waals surface area contributed by atoms with Crippen LogP contribution >= 0.6 is 23.8 Å². The zero-order valence-electron chi connectivity index (χ0n) is 7.77.